The maximum absolute atomic E-state index is 6.44. The van der Waals surface area contributed by atoms with Crippen LogP contribution in [0.25, 0.3) is 0 Å². The summed E-state index contributed by atoms with van der Waals surface area (Å²) in [4.78, 5) is 0. The van der Waals surface area contributed by atoms with E-state index in [2.05, 4.69) is 36.5 Å². The van der Waals surface area contributed by atoms with Gasteiger partial charge in [-0.05, 0) is 0 Å². The van der Waals surface area contributed by atoms with Crippen molar-refractivity contribution in [3.63, 3.8) is 0 Å². The molecule has 0 radical (unpaired) electrons. The van der Waals surface area contributed by atoms with Gasteiger partial charge in [0.25, 0.3) is 0 Å². The van der Waals surface area contributed by atoms with E-state index in [1.165, 1.54) is 7.76 Å². The number of halogens is 1. The first kappa shape index (κ1) is 8.56. The van der Waals surface area contributed by atoms with Crippen molar-refractivity contribution in [1.29, 1.82) is 0 Å². The van der Waals surface area contributed by atoms with Crippen LogP contribution < -0.4 is 0 Å². The summed E-state index contributed by atoms with van der Waals surface area (Å²) in [6.45, 7) is 0. The van der Waals surface area contributed by atoms with Crippen LogP contribution in [0.15, 0.2) is 44.2 Å². The summed E-state index contributed by atoms with van der Waals surface area (Å²) in [7, 11) is 6.44. The van der Waals surface area contributed by atoms with Gasteiger partial charge in [-0.1, -0.05) is 0 Å². The van der Waals surface area contributed by atoms with Gasteiger partial charge in [-0.15, -0.1) is 0 Å². The van der Waals surface area contributed by atoms with Gasteiger partial charge in [0.05, 0.1) is 0 Å². The zero-order chi connectivity index (χ0) is 8.39. The first-order valence-corrected chi connectivity index (χ1v) is 7.83. The molecule has 2 aliphatic carbocycles. The third kappa shape index (κ3) is 1.66. The maximum atomic E-state index is 6.44. The van der Waals surface area contributed by atoms with Crippen molar-refractivity contribution >= 4 is 9.30 Å². The third-order valence-corrected chi connectivity index (χ3v) is 7.03. The molecule has 0 aromatic carbocycles. The molecule has 0 saturated heterocycles. The molecule has 0 N–H and O–H groups in total. The molecule has 0 atom stereocenters. The summed E-state index contributed by atoms with van der Waals surface area (Å²) in [6, 6.07) is 0. The minimum absolute atomic E-state index is 1.09. The summed E-state index contributed by atoms with van der Waals surface area (Å²) in [6.07, 6.45) is 15.2. The van der Waals surface area contributed by atoms with Crippen LogP contribution in [0.5, 0.6) is 0 Å². The Kier molecular flexibility index (Phi) is 2.70. The molecule has 0 fully saturated rings. The second-order valence-electron chi connectivity index (χ2n) is 2.96. The molecule has 0 saturated carbocycles. The fraction of sp³-hybridized carbons (Fsp3) is 0.200. The first-order chi connectivity index (χ1) is 5.88. The standard InChI is InChI=1S/2C5H5.ClH.Ti/c2*1-2-4-5-3-1;;/h2*1-3H,4H2;1H;/q;;;+1/p-1. The molecule has 61 valence electrons. The molecule has 0 heterocycles. The van der Waals surface area contributed by atoms with E-state index in [0.717, 1.165) is 12.8 Å². The van der Waals surface area contributed by atoms with Gasteiger partial charge < -0.3 is 0 Å². The van der Waals surface area contributed by atoms with Crippen molar-refractivity contribution in [1.82, 2.24) is 0 Å². The van der Waals surface area contributed by atoms with E-state index in [0.29, 0.717) is 0 Å². The summed E-state index contributed by atoms with van der Waals surface area (Å²) in [5, 5.41) is 0. The monoisotopic (exact) mass is 213 g/mol. The van der Waals surface area contributed by atoms with E-state index in [-0.39, 0.29) is 0 Å². The predicted molar refractivity (Wildman–Crippen MR) is 49.5 cm³/mol. The topological polar surface area (TPSA) is 0 Å². The molecule has 0 unspecified atom stereocenters. The SMILES string of the molecule is [Cl][Ti]([C]1=CC=CC1)[C]1=CC=CC1. The Morgan fingerprint density at radius 1 is 1.00 bits per heavy atom. The molecule has 0 spiro atoms. The van der Waals surface area contributed by atoms with Crippen molar-refractivity contribution in [2.75, 3.05) is 0 Å². The molecule has 0 aliphatic heterocycles. The molecule has 12 heavy (non-hydrogen) atoms. The van der Waals surface area contributed by atoms with Crippen LogP contribution in [0.1, 0.15) is 12.8 Å². The van der Waals surface area contributed by atoms with Gasteiger partial charge in [-0.25, -0.2) is 0 Å². The minimum atomic E-state index is -1.51. The molecule has 2 rings (SSSR count). The Hall–Kier alpha value is -0.0357. The van der Waals surface area contributed by atoms with Gasteiger partial charge in [0.15, 0.2) is 0 Å². The van der Waals surface area contributed by atoms with Crippen molar-refractivity contribution in [2.24, 2.45) is 0 Å². The van der Waals surface area contributed by atoms with Gasteiger partial charge >= 0.3 is 83.2 Å². The summed E-state index contributed by atoms with van der Waals surface area (Å²) in [5.41, 5.74) is 0. The fourth-order valence-electron chi connectivity index (χ4n) is 1.43. The van der Waals surface area contributed by atoms with Gasteiger partial charge in [-0.2, -0.15) is 0 Å². The average molecular weight is 214 g/mol. The van der Waals surface area contributed by atoms with E-state index < -0.39 is 16.8 Å². The molecule has 0 amide bonds. The predicted octanol–water partition coefficient (Wildman–Crippen LogP) is 3.45. The quantitative estimate of drug-likeness (QED) is 0.617. The molecular formula is C10H10ClTi. The van der Waals surface area contributed by atoms with E-state index in [1.807, 2.05) is 0 Å². The third-order valence-electron chi connectivity index (χ3n) is 2.11. The number of hydrogen-bond donors (Lipinski definition) is 0. The van der Waals surface area contributed by atoms with Gasteiger partial charge in [-0.3, -0.25) is 0 Å². The van der Waals surface area contributed by atoms with Crippen molar-refractivity contribution < 1.29 is 16.8 Å². The van der Waals surface area contributed by atoms with E-state index in [1.54, 1.807) is 0 Å². The molecule has 0 nitrogen and oxygen atoms in total. The Bertz CT molecular complexity index is 267. The van der Waals surface area contributed by atoms with E-state index in [9.17, 15) is 0 Å². The second-order valence-corrected chi connectivity index (χ2v) is 7.51. The molecule has 0 aromatic heterocycles. The van der Waals surface area contributed by atoms with Crippen LogP contribution in [-0.2, 0) is 16.8 Å². The Morgan fingerprint density at radius 2 is 1.50 bits per heavy atom. The van der Waals surface area contributed by atoms with Crippen molar-refractivity contribution in [3.05, 3.63) is 44.2 Å². The molecule has 0 aromatic rings. The van der Waals surface area contributed by atoms with E-state index >= 15 is 0 Å². The molecule has 2 heteroatoms. The molecule has 2 aliphatic rings. The Balaban J connectivity index is 2.05. The molecule has 0 bridgehead atoms. The Morgan fingerprint density at radius 3 is 1.83 bits per heavy atom. The van der Waals surface area contributed by atoms with Crippen molar-refractivity contribution in [2.45, 2.75) is 12.8 Å². The van der Waals surface area contributed by atoms with Crippen molar-refractivity contribution in [3.8, 4) is 0 Å². The summed E-state index contributed by atoms with van der Waals surface area (Å²) < 4.78 is 2.98. The second kappa shape index (κ2) is 3.78. The fourth-order valence-corrected chi connectivity index (χ4v) is 4.91. The number of allylic oxidation sites excluding steroid dienone is 8. The van der Waals surface area contributed by atoms with Gasteiger partial charge in [0.2, 0.25) is 0 Å². The normalized spacial score (nSPS) is 19.8. The summed E-state index contributed by atoms with van der Waals surface area (Å²) in [5.74, 6) is 0. The first-order valence-electron chi connectivity index (χ1n) is 4.12. The van der Waals surface area contributed by atoms with Crippen LogP contribution in [0.2, 0.25) is 0 Å². The van der Waals surface area contributed by atoms with Crippen LogP contribution in [0.4, 0.5) is 0 Å². The van der Waals surface area contributed by atoms with Gasteiger partial charge in [0.1, 0.15) is 0 Å². The Labute approximate surface area is 83.0 Å². The summed E-state index contributed by atoms with van der Waals surface area (Å²) >= 11 is -1.51. The van der Waals surface area contributed by atoms with Crippen LogP contribution in [0.3, 0.4) is 0 Å². The van der Waals surface area contributed by atoms with Crippen LogP contribution >= 0.6 is 9.30 Å². The zero-order valence-electron chi connectivity index (χ0n) is 6.76. The average Bonchev–Trinajstić information content (AvgIpc) is 2.77. The molecular weight excluding hydrogens is 203 g/mol. The van der Waals surface area contributed by atoms with Gasteiger partial charge in [0, 0.05) is 0 Å². The van der Waals surface area contributed by atoms with Crippen LogP contribution in [0, 0.1) is 0 Å². The van der Waals surface area contributed by atoms with E-state index in [4.69, 9.17) is 9.30 Å². The zero-order valence-corrected chi connectivity index (χ0v) is 9.07. The number of rotatable bonds is 2. The van der Waals surface area contributed by atoms with Crippen LogP contribution in [-0.4, -0.2) is 0 Å². The number of hydrogen-bond acceptors (Lipinski definition) is 0.